The first-order valence-electron chi connectivity index (χ1n) is 8.95. The molecule has 1 N–H and O–H groups in total. The van der Waals surface area contributed by atoms with Crippen molar-refractivity contribution in [1.82, 2.24) is 25.1 Å². The number of hydrogen-bond donors (Lipinski definition) is 1. The quantitative estimate of drug-likeness (QED) is 0.775. The van der Waals surface area contributed by atoms with E-state index in [2.05, 4.69) is 22.3 Å². The number of pyridine rings is 2. The van der Waals surface area contributed by atoms with Crippen molar-refractivity contribution in [3.8, 4) is 17.1 Å². The van der Waals surface area contributed by atoms with Crippen molar-refractivity contribution in [2.24, 2.45) is 5.92 Å². The molecule has 0 spiro atoms. The Morgan fingerprint density at radius 2 is 2.36 bits per heavy atom. The van der Waals surface area contributed by atoms with Gasteiger partial charge in [-0.25, -0.2) is 4.98 Å². The second kappa shape index (κ2) is 7.19. The van der Waals surface area contributed by atoms with Crippen molar-refractivity contribution in [2.45, 2.75) is 26.3 Å². The lowest BCUT2D eigenvalue weighted by atomic mass is 10.0. The fourth-order valence-corrected chi connectivity index (χ4v) is 3.23. The minimum Gasteiger partial charge on any atom is -0.477 e. The molecule has 3 aromatic heterocycles. The maximum absolute atomic E-state index is 6.14. The van der Waals surface area contributed by atoms with Crippen LogP contribution in [0.25, 0.3) is 22.2 Å². The molecule has 1 fully saturated rings. The van der Waals surface area contributed by atoms with E-state index in [4.69, 9.17) is 9.72 Å². The van der Waals surface area contributed by atoms with Crippen LogP contribution < -0.4 is 10.1 Å². The summed E-state index contributed by atoms with van der Waals surface area (Å²) in [4.78, 5) is 9.26. The van der Waals surface area contributed by atoms with Crippen molar-refractivity contribution in [3.05, 3.63) is 36.8 Å². The van der Waals surface area contributed by atoms with Crippen LogP contribution in [0.5, 0.6) is 5.88 Å². The van der Waals surface area contributed by atoms with Gasteiger partial charge in [-0.05, 0) is 44.5 Å². The zero-order valence-electron chi connectivity index (χ0n) is 14.5. The highest BCUT2D eigenvalue weighted by molar-refractivity contribution is 5.86. The highest BCUT2D eigenvalue weighted by Crippen LogP contribution is 2.28. The van der Waals surface area contributed by atoms with Crippen molar-refractivity contribution < 1.29 is 4.74 Å². The predicted octanol–water partition coefficient (Wildman–Crippen LogP) is 2.89. The molecule has 6 nitrogen and oxygen atoms in total. The average Bonchev–Trinajstić information content (AvgIpc) is 3.16. The molecule has 130 valence electrons. The largest absolute Gasteiger partial charge is 0.477 e. The van der Waals surface area contributed by atoms with E-state index in [-0.39, 0.29) is 0 Å². The molecule has 4 heterocycles. The van der Waals surface area contributed by atoms with Gasteiger partial charge in [-0.2, -0.15) is 5.10 Å². The summed E-state index contributed by atoms with van der Waals surface area (Å²) in [5.41, 5.74) is 2.73. The molecule has 1 aliphatic heterocycles. The normalized spacial score (nSPS) is 17.7. The van der Waals surface area contributed by atoms with Gasteiger partial charge in [-0.1, -0.05) is 0 Å². The Hall–Kier alpha value is -2.47. The van der Waals surface area contributed by atoms with Gasteiger partial charge in [0.1, 0.15) is 0 Å². The molecule has 0 aromatic carbocycles. The summed E-state index contributed by atoms with van der Waals surface area (Å²) in [5.74, 6) is 1.20. The molecule has 3 aromatic rings. The van der Waals surface area contributed by atoms with Crippen LogP contribution in [0, 0.1) is 5.92 Å². The molecule has 0 amide bonds. The minimum absolute atomic E-state index is 0.536. The molecule has 0 unspecified atom stereocenters. The van der Waals surface area contributed by atoms with E-state index in [0.29, 0.717) is 18.4 Å². The summed E-state index contributed by atoms with van der Waals surface area (Å²) in [6, 6.07) is 5.94. The number of nitrogens with zero attached hydrogens (tertiary/aromatic N) is 4. The molecule has 0 aliphatic carbocycles. The van der Waals surface area contributed by atoms with Crippen LogP contribution in [0.4, 0.5) is 0 Å². The highest BCUT2D eigenvalue weighted by Gasteiger charge is 2.16. The molecule has 6 heteroatoms. The Kier molecular flexibility index (Phi) is 4.61. The minimum atomic E-state index is 0.536. The third-order valence-corrected chi connectivity index (χ3v) is 4.67. The van der Waals surface area contributed by atoms with Crippen molar-refractivity contribution in [3.63, 3.8) is 0 Å². The summed E-state index contributed by atoms with van der Waals surface area (Å²) in [5, 5.41) is 8.73. The SMILES string of the molecule is CCn1cc(-c2cc3ncccc3c(OC[C@@H]3CCCNC3)n2)cn1. The monoisotopic (exact) mass is 337 g/mol. The molecule has 1 aliphatic rings. The second-order valence-corrected chi connectivity index (χ2v) is 6.49. The van der Waals surface area contributed by atoms with Crippen LogP contribution in [0.3, 0.4) is 0 Å². The van der Waals surface area contributed by atoms with E-state index in [1.807, 2.05) is 35.3 Å². The molecular weight excluding hydrogens is 314 g/mol. The number of ether oxygens (including phenoxy) is 1. The lowest BCUT2D eigenvalue weighted by Crippen LogP contribution is -2.33. The summed E-state index contributed by atoms with van der Waals surface area (Å²) >= 11 is 0. The van der Waals surface area contributed by atoms with E-state index >= 15 is 0 Å². The summed E-state index contributed by atoms with van der Waals surface area (Å²) in [7, 11) is 0. The van der Waals surface area contributed by atoms with Crippen LogP contribution in [0.1, 0.15) is 19.8 Å². The maximum Gasteiger partial charge on any atom is 0.223 e. The van der Waals surface area contributed by atoms with Gasteiger partial charge in [0, 0.05) is 37.0 Å². The predicted molar refractivity (Wildman–Crippen MR) is 97.5 cm³/mol. The first-order valence-corrected chi connectivity index (χ1v) is 8.95. The molecule has 25 heavy (non-hydrogen) atoms. The van der Waals surface area contributed by atoms with E-state index in [9.17, 15) is 0 Å². The van der Waals surface area contributed by atoms with Gasteiger partial charge in [0.2, 0.25) is 5.88 Å². The van der Waals surface area contributed by atoms with Crippen LogP contribution >= 0.6 is 0 Å². The second-order valence-electron chi connectivity index (χ2n) is 6.49. The Labute approximate surface area is 147 Å². The standard InChI is InChI=1S/C19H23N5O/c1-2-24-12-15(11-22-24)17-9-18-16(6-4-8-21-18)19(23-17)25-13-14-5-3-7-20-10-14/h4,6,8-9,11-12,14,20H,2-3,5,7,10,13H2,1H3/t14-/m1/s1. The zero-order chi connectivity index (χ0) is 17.1. The Morgan fingerprint density at radius 3 is 3.16 bits per heavy atom. The number of piperidine rings is 1. The van der Waals surface area contributed by atoms with Crippen molar-refractivity contribution in [2.75, 3.05) is 19.7 Å². The maximum atomic E-state index is 6.14. The lowest BCUT2D eigenvalue weighted by Gasteiger charge is -2.22. The topological polar surface area (TPSA) is 64.9 Å². The van der Waals surface area contributed by atoms with Crippen LogP contribution in [0.2, 0.25) is 0 Å². The van der Waals surface area contributed by atoms with Crippen LogP contribution in [-0.2, 0) is 6.54 Å². The molecule has 0 bridgehead atoms. The van der Waals surface area contributed by atoms with Gasteiger partial charge in [0.15, 0.2) is 0 Å². The van der Waals surface area contributed by atoms with Gasteiger partial charge in [0.25, 0.3) is 0 Å². The third-order valence-electron chi connectivity index (χ3n) is 4.67. The van der Waals surface area contributed by atoms with E-state index in [1.54, 1.807) is 6.20 Å². The van der Waals surface area contributed by atoms with Gasteiger partial charge in [0.05, 0.1) is 29.4 Å². The Bertz CT molecular complexity index is 854. The van der Waals surface area contributed by atoms with Gasteiger partial charge in [-0.15, -0.1) is 0 Å². The van der Waals surface area contributed by atoms with Crippen molar-refractivity contribution in [1.29, 1.82) is 0 Å². The van der Waals surface area contributed by atoms with Gasteiger partial charge >= 0.3 is 0 Å². The van der Waals surface area contributed by atoms with E-state index in [1.165, 1.54) is 12.8 Å². The lowest BCUT2D eigenvalue weighted by molar-refractivity contribution is 0.214. The molecule has 0 radical (unpaired) electrons. The zero-order valence-corrected chi connectivity index (χ0v) is 14.5. The number of aromatic nitrogens is 4. The Morgan fingerprint density at radius 1 is 1.40 bits per heavy atom. The summed E-state index contributed by atoms with van der Waals surface area (Å²) in [6.07, 6.45) is 8.06. The average molecular weight is 337 g/mol. The Balaban J connectivity index is 1.65. The van der Waals surface area contributed by atoms with Crippen LogP contribution in [0.15, 0.2) is 36.8 Å². The summed E-state index contributed by atoms with van der Waals surface area (Å²) in [6.45, 7) is 5.71. The van der Waals surface area contributed by atoms with Gasteiger partial charge in [-0.3, -0.25) is 9.67 Å². The number of hydrogen-bond acceptors (Lipinski definition) is 5. The first-order chi connectivity index (χ1) is 12.3. The number of rotatable bonds is 5. The fourth-order valence-electron chi connectivity index (χ4n) is 3.23. The summed E-state index contributed by atoms with van der Waals surface area (Å²) < 4.78 is 8.03. The highest BCUT2D eigenvalue weighted by atomic mass is 16.5. The molecule has 1 atom stereocenters. The third kappa shape index (κ3) is 3.49. The molecule has 0 saturated carbocycles. The number of aryl methyl sites for hydroxylation is 1. The van der Waals surface area contributed by atoms with E-state index < -0.39 is 0 Å². The molecule has 1 saturated heterocycles. The smallest absolute Gasteiger partial charge is 0.223 e. The molecular formula is C19H23N5O. The van der Waals surface area contributed by atoms with Crippen LogP contribution in [-0.4, -0.2) is 39.4 Å². The van der Waals surface area contributed by atoms with Gasteiger partial charge < -0.3 is 10.1 Å². The fraction of sp³-hybridized carbons (Fsp3) is 0.421. The number of fused-ring (bicyclic) bond motifs is 1. The first kappa shape index (κ1) is 16.0. The molecule has 4 rings (SSSR count). The van der Waals surface area contributed by atoms with E-state index in [0.717, 1.165) is 41.8 Å². The number of nitrogens with one attached hydrogen (secondary N) is 1. The van der Waals surface area contributed by atoms with Crippen molar-refractivity contribution >= 4 is 10.9 Å².